The van der Waals surface area contributed by atoms with E-state index in [0.29, 0.717) is 5.84 Å². The highest BCUT2D eigenvalue weighted by molar-refractivity contribution is 5.78. The molecule has 0 radical (unpaired) electrons. The largest absolute Gasteiger partial charge is 0.388 e. The highest BCUT2D eigenvalue weighted by Gasteiger charge is 2.30. The summed E-state index contributed by atoms with van der Waals surface area (Å²) in [6.07, 6.45) is 9.18. The molecule has 0 unspecified atom stereocenters. The molecule has 0 heterocycles. The lowest BCUT2D eigenvalue weighted by Gasteiger charge is -2.33. The monoisotopic (exact) mass is 252 g/mol. The minimum absolute atomic E-state index is 0.0964. The molecule has 18 heavy (non-hydrogen) atoms. The van der Waals surface area contributed by atoms with Crippen LogP contribution in [-0.4, -0.2) is 11.4 Å². The Labute approximate surface area is 114 Å². The van der Waals surface area contributed by atoms with Crippen LogP contribution >= 0.6 is 0 Å². The van der Waals surface area contributed by atoms with Crippen LogP contribution in [0.5, 0.6) is 0 Å². The second-order valence-corrected chi connectivity index (χ2v) is 5.35. The van der Waals surface area contributed by atoms with Crippen molar-refractivity contribution in [3.05, 3.63) is 12.2 Å². The molecule has 0 bridgehead atoms. The van der Waals surface area contributed by atoms with E-state index in [-0.39, 0.29) is 5.54 Å². The molecule has 2 nitrogen and oxygen atoms in total. The zero-order valence-corrected chi connectivity index (χ0v) is 12.9. The van der Waals surface area contributed by atoms with Crippen molar-refractivity contribution in [1.29, 1.82) is 0 Å². The number of amidine groups is 1. The molecule has 0 aliphatic heterocycles. The van der Waals surface area contributed by atoms with Crippen molar-refractivity contribution in [2.75, 3.05) is 0 Å². The zero-order chi connectivity index (χ0) is 14.0. The predicted octanol–water partition coefficient (Wildman–Crippen LogP) is 4.84. The summed E-state index contributed by atoms with van der Waals surface area (Å²) in [7, 11) is 0. The molecule has 2 heteroatoms. The van der Waals surface area contributed by atoms with Gasteiger partial charge in [-0.25, -0.2) is 0 Å². The fourth-order valence-electron chi connectivity index (χ4n) is 2.48. The number of hydrogen-bond donors (Lipinski definition) is 1. The van der Waals surface area contributed by atoms with Crippen LogP contribution in [0.3, 0.4) is 0 Å². The van der Waals surface area contributed by atoms with Crippen LogP contribution in [0, 0.1) is 0 Å². The van der Waals surface area contributed by atoms with E-state index in [9.17, 15) is 0 Å². The molecule has 0 fully saturated rings. The summed E-state index contributed by atoms with van der Waals surface area (Å²) in [5, 5.41) is 0. The van der Waals surface area contributed by atoms with Crippen LogP contribution in [0.25, 0.3) is 0 Å². The van der Waals surface area contributed by atoms with Gasteiger partial charge in [0.1, 0.15) is 0 Å². The third kappa shape index (κ3) is 5.70. The number of rotatable bonds is 10. The summed E-state index contributed by atoms with van der Waals surface area (Å²) in [4.78, 5) is 4.80. The van der Waals surface area contributed by atoms with Crippen LogP contribution < -0.4 is 5.73 Å². The maximum absolute atomic E-state index is 5.86. The summed E-state index contributed by atoms with van der Waals surface area (Å²) >= 11 is 0. The quantitative estimate of drug-likeness (QED) is 0.337. The first-order chi connectivity index (χ1) is 8.52. The van der Waals surface area contributed by atoms with Crippen molar-refractivity contribution in [3.8, 4) is 0 Å². The minimum atomic E-state index is -0.0964. The minimum Gasteiger partial charge on any atom is -0.388 e. The van der Waals surface area contributed by atoms with Gasteiger partial charge in [-0.1, -0.05) is 59.5 Å². The Bertz CT molecular complexity index is 254. The van der Waals surface area contributed by atoms with Crippen molar-refractivity contribution >= 4 is 5.84 Å². The third-order valence-electron chi connectivity index (χ3n) is 3.49. The summed E-state index contributed by atoms with van der Waals surface area (Å²) < 4.78 is 0. The lowest BCUT2D eigenvalue weighted by atomic mass is 9.79. The van der Waals surface area contributed by atoms with Gasteiger partial charge >= 0.3 is 0 Å². The first-order valence-electron chi connectivity index (χ1n) is 7.52. The van der Waals surface area contributed by atoms with Gasteiger partial charge in [-0.3, -0.25) is 4.99 Å². The first-order valence-corrected chi connectivity index (χ1v) is 7.52. The average Bonchev–Trinajstić information content (AvgIpc) is 2.32. The fourth-order valence-corrected chi connectivity index (χ4v) is 2.48. The molecular formula is C16H32N2. The van der Waals surface area contributed by atoms with E-state index in [2.05, 4.69) is 27.4 Å². The molecule has 0 aromatic heterocycles. The van der Waals surface area contributed by atoms with Gasteiger partial charge in [0.15, 0.2) is 0 Å². The van der Waals surface area contributed by atoms with E-state index >= 15 is 0 Å². The topological polar surface area (TPSA) is 38.4 Å². The maximum atomic E-state index is 5.86. The molecule has 0 saturated heterocycles. The van der Waals surface area contributed by atoms with E-state index in [0.717, 1.165) is 25.7 Å². The number of unbranched alkanes of at least 4 members (excludes halogenated alkanes) is 2. The molecule has 2 N–H and O–H groups in total. The Kier molecular flexibility index (Phi) is 8.78. The Morgan fingerprint density at radius 3 is 1.89 bits per heavy atom. The van der Waals surface area contributed by atoms with Crippen molar-refractivity contribution in [1.82, 2.24) is 0 Å². The molecular weight excluding hydrogens is 220 g/mol. The standard InChI is InChI=1S/C16H32N2/c1-6-9-12-16(13-10-7-2,18-15(5)17)14(4)11-8-3/h4,6-13H2,1-3,5H3,(H2,17,18). The first kappa shape index (κ1) is 17.2. The highest BCUT2D eigenvalue weighted by Crippen LogP contribution is 2.35. The summed E-state index contributed by atoms with van der Waals surface area (Å²) in [5.74, 6) is 0.694. The van der Waals surface area contributed by atoms with Gasteiger partial charge in [0.05, 0.1) is 11.4 Å². The predicted molar refractivity (Wildman–Crippen MR) is 83.1 cm³/mol. The third-order valence-corrected chi connectivity index (χ3v) is 3.49. The SMILES string of the molecule is C=C(CCC)C(CCCC)(CCCC)N=C(C)N. The van der Waals surface area contributed by atoms with Gasteiger partial charge in [-0.15, -0.1) is 0 Å². The van der Waals surface area contributed by atoms with Gasteiger partial charge in [-0.2, -0.15) is 0 Å². The van der Waals surface area contributed by atoms with Crippen molar-refractivity contribution in [3.63, 3.8) is 0 Å². The van der Waals surface area contributed by atoms with Crippen molar-refractivity contribution in [2.24, 2.45) is 10.7 Å². The smallest absolute Gasteiger partial charge is 0.0916 e. The summed E-state index contributed by atoms with van der Waals surface area (Å²) in [6, 6.07) is 0. The molecule has 0 saturated carbocycles. The van der Waals surface area contributed by atoms with E-state index in [1.807, 2.05) is 6.92 Å². The van der Waals surface area contributed by atoms with E-state index in [4.69, 9.17) is 10.7 Å². The van der Waals surface area contributed by atoms with Gasteiger partial charge in [0.25, 0.3) is 0 Å². The van der Waals surface area contributed by atoms with Gasteiger partial charge in [0, 0.05) is 0 Å². The molecule has 0 atom stereocenters. The zero-order valence-electron chi connectivity index (χ0n) is 12.9. The van der Waals surface area contributed by atoms with E-state index < -0.39 is 0 Å². The van der Waals surface area contributed by atoms with Gasteiger partial charge in [-0.05, 0) is 31.8 Å². The van der Waals surface area contributed by atoms with Crippen LogP contribution in [0.1, 0.15) is 79.1 Å². The Hall–Kier alpha value is -0.790. The van der Waals surface area contributed by atoms with Crippen molar-refractivity contribution < 1.29 is 0 Å². The second-order valence-electron chi connectivity index (χ2n) is 5.35. The molecule has 0 spiro atoms. The maximum Gasteiger partial charge on any atom is 0.0916 e. The Balaban J connectivity index is 5.10. The molecule has 0 aromatic carbocycles. The molecule has 0 rings (SSSR count). The highest BCUT2D eigenvalue weighted by atomic mass is 14.9. The Morgan fingerprint density at radius 1 is 1.06 bits per heavy atom. The normalized spacial score (nSPS) is 12.8. The van der Waals surface area contributed by atoms with Gasteiger partial charge < -0.3 is 5.73 Å². The average molecular weight is 252 g/mol. The molecule has 0 aromatic rings. The summed E-state index contributed by atoms with van der Waals surface area (Å²) in [5.41, 5.74) is 7.04. The van der Waals surface area contributed by atoms with E-state index in [1.54, 1.807) is 0 Å². The molecule has 0 amide bonds. The number of aliphatic imine (C=N–C) groups is 1. The van der Waals surface area contributed by atoms with Crippen LogP contribution in [0.4, 0.5) is 0 Å². The van der Waals surface area contributed by atoms with Crippen LogP contribution in [-0.2, 0) is 0 Å². The number of hydrogen-bond acceptors (Lipinski definition) is 1. The molecule has 106 valence electrons. The van der Waals surface area contributed by atoms with Crippen LogP contribution in [0.15, 0.2) is 17.1 Å². The molecule has 0 aliphatic carbocycles. The fraction of sp³-hybridized carbons (Fsp3) is 0.812. The lowest BCUT2D eigenvalue weighted by Crippen LogP contribution is -2.32. The Morgan fingerprint density at radius 2 is 1.56 bits per heavy atom. The van der Waals surface area contributed by atoms with E-state index in [1.165, 1.54) is 31.3 Å². The second kappa shape index (κ2) is 9.18. The van der Waals surface area contributed by atoms with Crippen molar-refractivity contribution in [2.45, 2.75) is 84.6 Å². The number of nitrogens with two attached hydrogens (primary N) is 1. The summed E-state index contributed by atoms with van der Waals surface area (Å²) in [6.45, 7) is 12.9. The number of nitrogens with zero attached hydrogens (tertiary/aromatic N) is 1. The van der Waals surface area contributed by atoms with Crippen LogP contribution in [0.2, 0.25) is 0 Å². The molecule has 0 aliphatic rings. The lowest BCUT2D eigenvalue weighted by molar-refractivity contribution is 0.391. The van der Waals surface area contributed by atoms with Gasteiger partial charge in [0.2, 0.25) is 0 Å².